The molecule has 0 bridgehead atoms. The van der Waals surface area contributed by atoms with E-state index in [1.165, 1.54) is 6.07 Å². The number of aryl methyl sites for hydroxylation is 1. The second kappa shape index (κ2) is 8.13. The highest BCUT2D eigenvalue weighted by atomic mass is 19.1. The molecule has 1 atom stereocenters. The number of halogens is 1. The van der Waals surface area contributed by atoms with Gasteiger partial charge in [0, 0.05) is 18.7 Å². The summed E-state index contributed by atoms with van der Waals surface area (Å²) in [5.41, 5.74) is 2.18. The molecule has 1 saturated heterocycles. The molecule has 0 spiro atoms. The second-order valence-corrected chi connectivity index (χ2v) is 7.42. The number of benzene rings is 2. The molecule has 1 fully saturated rings. The Morgan fingerprint density at radius 3 is 2.59 bits per heavy atom. The van der Waals surface area contributed by atoms with Crippen LogP contribution in [0.2, 0.25) is 0 Å². The molecule has 0 saturated carbocycles. The van der Waals surface area contributed by atoms with Gasteiger partial charge in [-0.15, -0.1) is 5.10 Å². The first-order chi connectivity index (χ1) is 14.0. The first-order valence-corrected chi connectivity index (χ1v) is 9.73. The van der Waals surface area contributed by atoms with Crippen LogP contribution >= 0.6 is 0 Å². The van der Waals surface area contributed by atoms with E-state index >= 15 is 0 Å². The average molecular weight is 394 g/mol. The third-order valence-electron chi connectivity index (χ3n) is 5.47. The zero-order chi connectivity index (χ0) is 20.4. The van der Waals surface area contributed by atoms with Crippen LogP contribution in [-0.4, -0.2) is 44.0 Å². The Balaban J connectivity index is 1.39. The molecule has 6 nitrogen and oxygen atoms in total. The van der Waals surface area contributed by atoms with Crippen molar-refractivity contribution >= 4 is 5.91 Å². The number of aromatic nitrogens is 3. The predicted octanol–water partition coefficient (Wildman–Crippen LogP) is 3.28. The summed E-state index contributed by atoms with van der Waals surface area (Å²) in [6, 6.07) is 14.0. The molecule has 1 aliphatic heterocycles. The fourth-order valence-corrected chi connectivity index (χ4v) is 3.64. The van der Waals surface area contributed by atoms with Crippen LogP contribution in [-0.2, 0) is 0 Å². The Morgan fingerprint density at radius 2 is 1.90 bits per heavy atom. The number of carbonyl (C=O) groups excluding carboxylic acids is 1. The third-order valence-corrected chi connectivity index (χ3v) is 5.47. The lowest BCUT2D eigenvalue weighted by Gasteiger charge is -2.32. The number of carbonyl (C=O) groups is 1. The van der Waals surface area contributed by atoms with Crippen LogP contribution in [0.3, 0.4) is 0 Å². The summed E-state index contributed by atoms with van der Waals surface area (Å²) in [7, 11) is 0. The number of hydrogen-bond acceptors (Lipinski definition) is 4. The Morgan fingerprint density at radius 1 is 1.17 bits per heavy atom. The van der Waals surface area contributed by atoms with Gasteiger partial charge in [0.1, 0.15) is 17.6 Å². The molecule has 0 aliphatic carbocycles. The van der Waals surface area contributed by atoms with Crippen LogP contribution in [0.5, 0.6) is 0 Å². The highest BCUT2D eigenvalue weighted by molar-refractivity contribution is 5.94. The molecule has 2 heterocycles. The summed E-state index contributed by atoms with van der Waals surface area (Å²) < 4.78 is 15.5. The molecule has 0 unspecified atom stereocenters. The maximum absolute atomic E-state index is 13.8. The maximum Gasteiger partial charge on any atom is 0.253 e. The van der Waals surface area contributed by atoms with Gasteiger partial charge in [0.15, 0.2) is 0 Å². The minimum atomic E-state index is -0.817. The fraction of sp³-hybridized carbons (Fsp3) is 0.318. The topological polar surface area (TPSA) is 71.2 Å². The smallest absolute Gasteiger partial charge is 0.253 e. The summed E-state index contributed by atoms with van der Waals surface area (Å²) in [5, 5.41) is 18.8. The summed E-state index contributed by atoms with van der Waals surface area (Å²) in [5.74, 6) is -0.515. The lowest BCUT2D eigenvalue weighted by molar-refractivity contribution is 0.0688. The van der Waals surface area contributed by atoms with Crippen molar-refractivity contribution in [3.05, 3.63) is 82.9 Å². The maximum atomic E-state index is 13.8. The number of aliphatic hydroxyl groups is 1. The van der Waals surface area contributed by atoms with Crippen molar-refractivity contribution in [3.63, 3.8) is 0 Å². The van der Waals surface area contributed by atoms with Gasteiger partial charge in [-0.05, 0) is 43.0 Å². The molecule has 1 aliphatic rings. The van der Waals surface area contributed by atoms with Gasteiger partial charge < -0.3 is 10.0 Å². The van der Waals surface area contributed by atoms with Crippen molar-refractivity contribution < 1.29 is 14.3 Å². The predicted molar refractivity (Wildman–Crippen MR) is 106 cm³/mol. The summed E-state index contributed by atoms with van der Waals surface area (Å²) >= 11 is 0. The zero-order valence-corrected chi connectivity index (χ0v) is 16.2. The van der Waals surface area contributed by atoms with Crippen LogP contribution in [0, 0.1) is 12.7 Å². The van der Waals surface area contributed by atoms with Crippen molar-refractivity contribution in [1.29, 1.82) is 0 Å². The molecule has 1 aromatic heterocycles. The lowest BCUT2D eigenvalue weighted by atomic mass is 10.0. The number of piperidine rings is 1. The highest BCUT2D eigenvalue weighted by Crippen LogP contribution is 2.25. The van der Waals surface area contributed by atoms with E-state index in [2.05, 4.69) is 10.3 Å². The number of likely N-dealkylation sites (tertiary alicyclic amines) is 1. The van der Waals surface area contributed by atoms with Crippen molar-refractivity contribution in [2.75, 3.05) is 13.1 Å². The standard InChI is InChI=1S/C22H23FN4O2/c1-15-7-8-17(13-19(15)23)22(29)26-11-9-18(10-12-26)27-14-20(24-25-27)21(28)16-5-3-2-4-6-16/h2-8,13-14,18,21,28H,9-12H2,1H3/t21-/m1/s1. The van der Waals surface area contributed by atoms with Gasteiger partial charge in [0.25, 0.3) is 5.91 Å². The monoisotopic (exact) mass is 394 g/mol. The van der Waals surface area contributed by atoms with Crippen molar-refractivity contribution in [3.8, 4) is 0 Å². The van der Waals surface area contributed by atoms with Gasteiger partial charge >= 0.3 is 0 Å². The van der Waals surface area contributed by atoms with Crippen LogP contribution in [0.4, 0.5) is 4.39 Å². The van der Waals surface area contributed by atoms with Crippen molar-refractivity contribution in [2.45, 2.75) is 31.9 Å². The number of rotatable bonds is 4. The van der Waals surface area contributed by atoms with E-state index in [4.69, 9.17) is 0 Å². The van der Waals surface area contributed by atoms with Gasteiger partial charge in [-0.1, -0.05) is 41.6 Å². The van der Waals surface area contributed by atoms with Crippen LogP contribution in [0.15, 0.2) is 54.7 Å². The molecule has 7 heteroatoms. The molecular weight excluding hydrogens is 371 g/mol. The van der Waals surface area contributed by atoms with Gasteiger partial charge in [-0.25, -0.2) is 9.07 Å². The molecule has 29 heavy (non-hydrogen) atoms. The molecule has 4 rings (SSSR count). The van der Waals surface area contributed by atoms with E-state index in [1.807, 2.05) is 30.3 Å². The van der Waals surface area contributed by atoms with Crippen LogP contribution < -0.4 is 0 Å². The van der Waals surface area contributed by atoms with Gasteiger partial charge in [-0.2, -0.15) is 0 Å². The van der Waals surface area contributed by atoms with Crippen LogP contribution in [0.1, 0.15) is 52.2 Å². The van der Waals surface area contributed by atoms with Gasteiger partial charge in [0.2, 0.25) is 0 Å². The summed E-state index contributed by atoms with van der Waals surface area (Å²) in [4.78, 5) is 14.4. The van der Waals surface area contributed by atoms with E-state index in [1.54, 1.807) is 34.8 Å². The zero-order valence-electron chi connectivity index (χ0n) is 16.2. The fourth-order valence-electron chi connectivity index (χ4n) is 3.64. The lowest BCUT2D eigenvalue weighted by Crippen LogP contribution is -2.39. The molecule has 1 N–H and O–H groups in total. The molecule has 3 aromatic rings. The molecular formula is C22H23FN4O2. The van der Waals surface area contributed by atoms with E-state index in [-0.39, 0.29) is 17.8 Å². The largest absolute Gasteiger partial charge is 0.382 e. The third kappa shape index (κ3) is 4.05. The summed E-state index contributed by atoms with van der Waals surface area (Å²) in [6.07, 6.45) is 2.41. The second-order valence-electron chi connectivity index (χ2n) is 7.42. The number of hydrogen-bond donors (Lipinski definition) is 1. The molecule has 0 radical (unpaired) electrons. The van der Waals surface area contributed by atoms with Crippen molar-refractivity contribution in [1.82, 2.24) is 19.9 Å². The SMILES string of the molecule is Cc1ccc(C(=O)N2CCC(n3cc([C@H](O)c4ccccc4)nn3)CC2)cc1F. The van der Waals surface area contributed by atoms with Gasteiger partial charge in [-0.3, -0.25) is 4.79 Å². The Bertz CT molecular complexity index is 997. The van der Waals surface area contributed by atoms with E-state index in [0.717, 1.165) is 18.4 Å². The minimum absolute atomic E-state index is 0.109. The Labute approximate surface area is 168 Å². The van der Waals surface area contributed by atoms with Crippen molar-refractivity contribution in [2.24, 2.45) is 0 Å². The number of aliphatic hydroxyl groups excluding tert-OH is 1. The molecule has 150 valence electrons. The summed E-state index contributed by atoms with van der Waals surface area (Å²) in [6.45, 7) is 2.81. The normalized spacial score (nSPS) is 16.0. The molecule has 1 amide bonds. The van der Waals surface area contributed by atoms with E-state index < -0.39 is 6.10 Å². The minimum Gasteiger partial charge on any atom is -0.382 e. The van der Waals surface area contributed by atoms with Crippen LogP contribution in [0.25, 0.3) is 0 Å². The average Bonchev–Trinajstić information content (AvgIpc) is 3.25. The van der Waals surface area contributed by atoms with E-state index in [9.17, 15) is 14.3 Å². The Hall–Kier alpha value is -3.06. The number of nitrogens with zero attached hydrogens (tertiary/aromatic N) is 4. The Kier molecular flexibility index (Phi) is 5.40. The molecule has 2 aromatic carbocycles. The number of amides is 1. The first kappa shape index (κ1) is 19.3. The van der Waals surface area contributed by atoms with E-state index in [0.29, 0.717) is 29.9 Å². The van der Waals surface area contributed by atoms with Gasteiger partial charge in [0.05, 0.1) is 12.2 Å². The highest BCUT2D eigenvalue weighted by Gasteiger charge is 2.26. The first-order valence-electron chi connectivity index (χ1n) is 9.73. The quantitative estimate of drug-likeness (QED) is 0.737.